The molecule has 1 aliphatic rings. The van der Waals surface area contributed by atoms with E-state index in [-0.39, 0.29) is 5.82 Å². The fraction of sp³-hybridized carbons (Fsp3) is 0.312. The predicted molar refractivity (Wildman–Crippen MR) is 79.4 cm³/mol. The topological polar surface area (TPSA) is 28.2 Å². The zero-order chi connectivity index (χ0) is 13.8. The number of aromatic nitrogens is 1. The van der Waals surface area contributed by atoms with Crippen molar-refractivity contribution in [3.8, 4) is 0 Å². The highest BCUT2D eigenvalue weighted by molar-refractivity contribution is 5.56. The first-order chi connectivity index (χ1) is 9.83. The standard InChI is InChI=1S/C16H18FN3/c17-15-11-14(19-12-13-5-7-18-8-6-13)3-4-16(15)20-9-1-2-10-20/h3-8,11,19H,1-2,9-10,12H2. The third-order valence-electron chi connectivity index (χ3n) is 3.64. The second-order valence-electron chi connectivity index (χ2n) is 5.07. The van der Waals surface area contributed by atoms with Gasteiger partial charge in [-0.2, -0.15) is 0 Å². The summed E-state index contributed by atoms with van der Waals surface area (Å²) in [5.41, 5.74) is 2.66. The first-order valence-electron chi connectivity index (χ1n) is 7.00. The number of nitrogens with zero attached hydrogens (tertiary/aromatic N) is 2. The molecule has 2 aromatic rings. The minimum absolute atomic E-state index is 0.147. The second-order valence-corrected chi connectivity index (χ2v) is 5.07. The molecule has 3 rings (SSSR count). The summed E-state index contributed by atoms with van der Waals surface area (Å²) in [6, 6.07) is 9.28. The molecule has 1 aromatic heterocycles. The van der Waals surface area contributed by atoms with E-state index in [1.54, 1.807) is 18.5 Å². The van der Waals surface area contributed by atoms with Gasteiger partial charge in [-0.3, -0.25) is 4.98 Å². The van der Waals surface area contributed by atoms with E-state index in [2.05, 4.69) is 15.2 Å². The lowest BCUT2D eigenvalue weighted by Gasteiger charge is -2.19. The van der Waals surface area contributed by atoms with Gasteiger partial charge in [0.15, 0.2) is 0 Å². The van der Waals surface area contributed by atoms with Crippen LogP contribution in [0.15, 0.2) is 42.7 Å². The molecular weight excluding hydrogens is 253 g/mol. The molecule has 1 aromatic carbocycles. The molecule has 1 aliphatic heterocycles. The number of pyridine rings is 1. The van der Waals surface area contributed by atoms with Crippen LogP contribution in [-0.4, -0.2) is 18.1 Å². The number of rotatable bonds is 4. The van der Waals surface area contributed by atoms with Crippen LogP contribution < -0.4 is 10.2 Å². The molecule has 0 saturated carbocycles. The van der Waals surface area contributed by atoms with E-state index in [1.807, 2.05) is 24.3 Å². The third-order valence-corrected chi connectivity index (χ3v) is 3.64. The Labute approximate surface area is 118 Å². The molecule has 104 valence electrons. The molecule has 1 saturated heterocycles. The fourth-order valence-electron chi connectivity index (χ4n) is 2.54. The second kappa shape index (κ2) is 5.90. The average Bonchev–Trinajstić information content (AvgIpc) is 3.00. The molecule has 2 heterocycles. The van der Waals surface area contributed by atoms with Crippen molar-refractivity contribution in [3.63, 3.8) is 0 Å². The average molecular weight is 271 g/mol. The molecule has 3 nitrogen and oxygen atoms in total. The van der Waals surface area contributed by atoms with Crippen LogP contribution in [-0.2, 0) is 6.54 Å². The quantitative estimate of drug-likeness (QED) is 0.923. The Morgan fingerprint density at radius 3 is 2.55 bits per heavy atom. The van der Waals surface area contributed by atoms with Gasteiger partial charge in [0, 0.05) is 37.7 Å². The molecule has 0 unspecified atom stereocenters. The summed E-state index contributed by atoms with van der Waals surface area (Å²) < 4.78 is 14.1. The van der Waals surface area contributed by atoms with Gasteiger partial charge in [0.2, 0.25) is 0 Å². The van der Waals surface area contributed by atoms with Crippen molar-refractivity contribution in [2.45, 2.75) is 19.4 Å². The van der Waals surface area contributed by atoms with Gasteiger partial charge in [0.25, 0.3) is 0 Å². The maximum atomic E-state index is 14.1. The molecule has 0 spiro atoms. The van der Waals surface area contributed by atoms with Crippen molar-refractivity contribution in [1.82, 2.24) is 4.98 Å². The summed E-state index contributed by atoms with van der Waals surface area (Å²) in [6.07, 6.45) is 5.82. The van der Waals surface area contributed by atoms with Gasteiger partial charge in [-0.25, -0.2) is 4.39 Å². The van der Waals surface area contributed by atoms with E-state index in [0.717, 1.165) is 42.9 Å². The van der Waals surface area contributed by atoms with E-state index in [0.29, 0.717) is 6.54 Å². The molecule has 1 fully saturated rings. The Morgan fingerprint density at radius 2 is 1.85 bits per heavy atom. The Kier molecular flexibility index (Phi) is 3.81. The number of nitrogens with one attached hydrogen (secondary N) is 1. The molecule has 20 heavy (non-hydrogen) atoms. The molecule has 0 radical (unpaired) electrons. The summed E-state index contributed by atoms with van der Waals surface area (Å²) >= 11 is 0. The first-order valence-corrected chi connectivity index (χ1v) is 7.00. The highest BCUT2D eigenvalue weighted by atomic mass is 19.1. The zero-order valence-corrected chi connectivity index (χ0v) is 11.3. The summed E-state index contributed by atoms with van der Waals surface area (Å²) in [4.78, 5) is 6.09. The van der Waals surface area contributed by atoms with E-state index in [4.69, 9.17) is 0 Å². The van der Waals surface area contributed by atoms with E-state index in [9.17, 15) is 4.39 Å². The van der Waals surface area contributed by atoms with E-state index >= 15 is 0 Å². The highest BCUT2D eigenvalue weighted by Crippen LogP contribution is 2.26. The van der Waals surface area contributed by atoms with Crippen LogP contribution in [0.25, 0.3) is 0 Å². The van der Waals surface area contributed by atoms with Crippen LogP contribution in [0.1, 0.15) is 18.4 Å². The lowest BCUT2D eigenvalue weighted by atomic mass is 10.2. The van der Waals surface area contributed by atoms with Crippen molar-refractivity contribution in [1.29, 1.82) is 0 Å². The van der Waals surface area contributed by atoms with E-state index in [1.165, 1.54) is 0 Å². The van der Waals surface area contributed by atoms with Crippen molar-refractivity contribution in [3.05, 3.63) is 54.1 Å². The van der Waals surface area contributed by atoms with Gasteiger partial charge in [0.05, 0.1) is 5.69 Å². The molecule has 0 aliphatic carbocycles. The zero-order valence-electron chi connectivity index (χ0n) is 11.3. The molecule has 0 amide bonds. The van der Waals surface area contributed by atoms with Crippen LogP contribution in [0.5, 0.6) is 0 Å². The number of halogens is 1. The fourth-order valence-corrected chi connectivity index (χ4v) is 2.54. The predicted octanol–water partition coefficient (Wildman–Crippen LogP) is 3.43. The van der Waals surface area contributed by atoms with Crippen molar-refractivity contribution >= 4 is 11.4 Å². The number of hydrogen-bond donors (Lipinski definition) is 1. The van der Waals surface area contributed by atoms with E-state index < -0.39 is 0 Å². The number of benzene rings is 1. The number of anilines is 2. The van der Waals surface area contributed by atoms with Gasteiger partial charge in [-0.05, 0) is 48.7 Å². The lowest BCUT2D eigenvalue weighted by Crippen LogP contribution is -2.18. The van der Waals surface area contributed by atoms with Crippen molar-refractivity contribution in [2.75, 3.05) is 23.3 Å². The van der Waals surface area contributed by atoms with Crippen molar-refractivity contribution < 1.29 is 4.39 Å². The maximum Gasteiger partial charge on any atom is 0.148 e. The van der Waals surface area contributed by atoms with Crippen LogP contribution >= 0.6 is 0 Å². The summed E-state index contributed by atoms with van der Waals surface area (Å²) in [7, 11) is 0. The van der Waals surface area contributed by atoms with Gasteiger partial charge in [0.1, 0.15) is 5.82 Å². The Morgan fingerprint density at radius 1 is 1.10 bits per heavy atom. The SMILES string of the molecule is Fc1cc(NCc2ccncc2)ccc1N1CCCC1. The molecule has 4 heteroatoms. The van der Waals surface area contributed by atoms with Gasteiger partial charge >= 0.3 is 0 Å². The molecule has 1 N–H and O–H groups in total. The van der Waals surface area contributed by atoms with Crippen LogP contribution in [0, 0.1) is 5.82 Å². The monoisotopic (exact) mass is 271 g/mol. The summed E-state index contributed by atoms with van der Waals surface area (Å²) in [5, 5.41) is 3.23. The lowest BCUT2D eigenvalue weighted by molar-refractivity contribution is 0.623. The minimum Gasteiger partial charge on any atom is -0.381 e. The maximum absolute atomic E-state index is 14.1. The van der Waals surface area contributed by atoms with Crippen LogP contribution in [0.3, 0.4) is 0 Å². The largest absolute Gasteiger partial charge is 0.381 e. The van der Waals surface area contributed by atoms with Crippen LogP contribution in [0.2, 0.25) is 0 Å². The Bertz CT molecular complexity index is 565. The van der Waals surface area contributed by atoms with Crippen LogP contribution in [0.4, 0.5) is 15.8 Å². The van der Waals surface area contributed by atoms with Crippen molar-refractivity contribution in [2.24, 2.45) is 0 Å². The summed E-state index contributed by atoms with van der Waals surface area (Å²) in [5.74, 6) is -0.147. The van der Waals surface area contributed by atoms with Gasteiger partial charge < -0.3 is 10.2 Å². The number of hydrogen-bond acceptors (Lipinski definition) is 3. The first kappa shape index (κ1) is 12.9. The van der Waals surface area contributed by atoms with Gasteiger partial charge in [-0.1, -0.05) is 0 Å². The summed E-state index contributed by atoms with van der Waals surface area (Å²) in [6.45, 7) is 2.59. The molecule has 0 atom stereocenters. The minimum atomic E-state index is -0.147. The Hall–Kier alpha value is -2.10. The smallest absolute Gasteiger partial charge is 0.148 e. The third kappa shape index (κ3) is 2.90. The molecule has 0 bridgehead atoms. The molecular formula is C16H18FN3. The highest BCUT2D eigenvalue weighted by Gasteiger charge is 2.15. The Balaban J connectivity index is 1.67. The normalized spacial score (nSPS) is 14.6. The van der Waals surface area contributed by atoms with Gasteiger partial charge in [-0.15, -0.1) is 0 Å².